The summed E-state index contributed by atoms with van der Waals surface area (Å²) in [6, 6.07) is 38.2. The Morgan fingerprint density at radius 3 is 1.38 bits per heavy atom. The normalized spacial score (nSPS) is 12.6. The maximum atomic E-state index is 13.3. The first kappa shape index (κ1) is 55.9. The van der Waals surface area contributed by atoms with Crippen molar-refractivity contribution in [3.8, 4) is 22.3 Å². The SMILES string of the molecule is CN(C)c1c(-c2ccc(C(C)(C)C)cc2)cc(C(=O)/C=C/c2ccc(C(=O)O)cc2)cc1C(C)(C)C.CN(C)c1c(-c2ccccc2)cc(C(O)/C=C/c2ccc(C(=O)O)cc2)c(C(C)(C)C)c1C(C)(C)C. The highest BCUT2D eigenvalue weighted by molar-refractivity contribution is 6.08. The summed E-state index contributed by atoms with van der Waals surface area (Å²) in [7, 11) is 8.25. The van der Waals surface area contributed by atoms with Crippen LogP contribution in [0.25, 0.3) is 34.4 Å². The van der Waals surface area contributed by atoms with Gasteiger partial charge in [-0.25, -0.2) is 9.59 Å². The van der Waals surface area contributed by atoms with E-state index in [0.717, 1.165) is 55.8 Å². The second-order valence-corrected chi connectivity index (χ2v) is 23.1. The predicted octanol–water partition coefficient (Wildman–Crippen LogP) is 15.1. The van der Waals surface area contributed by atoms with Crippen LogP contribution in [-0.2, 0) is 21.7 Å². The molecule has 0 amide bonds. The summed E-state index contributed by atoms with van der Waals surface area (Å²) in [6.07, 6.45) is 6.08. The molecular weight excluding hydrogens is 893 g/mol. The lowest BCUT2D eigenvalue weighted by Crippen LogP contribution is -2.28. The van der Waals surface area contributed by atoms with Crippen molar-refractivity contribution in [3.05, 3.63) is 189 Å². The van der Waals surface area contributed by atoms with Crippen LogP contribution in [0.5, 0.6) is 0 Å². The number of benzene rings is 6. The minimum atomic E-state index is -0.972. The van der Waals surface area contributed by atoms with E-state index in [1.807, 2.05) is 50.5 Å². The van der Waals surface area contributed by atoms with Crippen LogP contribution in [0.4, 0.5) is 11.4 Å². The summed E-state index contributed by atoms with van der Waals surface area (Å²) < 4.78 is 0. The van der Waals surface area contributed by atoms with Gasteiger partial charge in [0.15, 0.2) is 5.78 Å². The molecule has 0 aromatic heterocycles. The molecule has 0 aliphatic rings. The number of carbonyl (C=O) groups excluding carboxylic acids is 1. The number of hydrogen-bond acceptors (Lipinski definition) is 6. The van der Waals surface area contributed by atoms with Gasteiger partial charge in [-0.3, -0.25) is 4.79 Å². The number of anilines is 2. The minimum absolute atomic E-state index is 0.0603. The van der Waals surface area contributed by atoms with Gasteiger partial charge in [-0.1, -0.05) is 180 Å². The smallest absolute Gasteiger partial charge is 0.335 e. The van der Waals surface area contributed by atoms with Gasteiger partial charge in [0.25, 0.3) is 0 Å². The molecule has 6 aromatic rings. The highest BCUT2D eigenvalue weighted by Gasteiger charge is 2.34. The van der Waals surface area contributed by atoms with Crippen molar-refractivity contribution in [3.63, 3.8) is 0 Å². The summed E-state index contributed by atoms with van der Waals surface area (Å²) in [5, 5.41) is 29.8. The van der Waals surface area contributed by atoms with Crippen LogP contribution in [0.3, 0.4) is 0 Å². The number of ketones is 1. The van der Waals surface area contributed by atoms with Crippen LogP contribution < -0.4 is 9.80 Å². The van der Waals surface area contributed by atoms with E-state index in [2.05, 4.69) is 149 Å². The van der Waals surface area contributed by atoms with Crippen molar-refractivity contribution in [1.29, 1.82) is 0 Å². The number of rotatable bonds is 12. The van der Waals surface area contributed by atoms with E-state index in [-0.39, 0.29) is 38.6 Å². The van der Waals surface area contributed by atoms with E-state index >= 15 is 0 Å². The summed E-state index contributed by atoms with van der Waals surface area (Å²) in [6.45, 7) is 26.4. The van der Waals surface area contributed by atoms with Crippen LogP contribution in [0, 0.1) is 0 Å². The summed E-state index contributed by atoms with van der Waals surface area (Å²) in [5.74, 6) is -2.02. The van der Waals surface area contributed by atoms with Crippen LogP contribution in [0.15, 0.2) is 133 Å². The maximum Gasteiger partial charge on any atom is 0.335 e. The highest BCUT2D eigenvalue weighted by Crippen LogP contribution is 2.48. The van der Waals surface area contributed by atoms with Gasteiger partial charge in [0.2, 0.25) is 0 Å². The number of carboxylic acids is 2. The number of aliphatic hydroxyl groups excluding tert-OH is 1. The molecule has 0 radical (unpaired) electrons. The molecule has 6 aromatic carbocycles. The Labute approximate surface area is 429 Å². The quantitative estimate of drug-likeness (QED) is 0.0820. The maximum absolute atomic E-state index is 13.3. The van der Waals surface area contributed by atoms with E-state index in [0.29, 0.717) is 5.56 Å². The fourth-order valence-corrected chi connectivity index (χ4v) is 9.01. The third-order valence-electron chi connectivity index (χ3n) is 12.6. The Balaban J connectivity index is 0.000000267. The molecule has 0 saturated carbocycles. The number of allylic oxidation sites excluding steroid dienone is 1. The number of hydrogen-bond donors (Lipinski definition) is 3. The zero-order valence-electron chi connectivity index (χ0n) is 45.4. The van der Waals surface area contributed by atoms with Gasteiger partial charge in [0, 0.05) is 56.3 Å². The highest BCUT2D eigenvalue weighted by atomic mass is 16.4. The first-order chi connectivity index (χ1) is 33.4. The molecule has 72 heavy (non-hydrogen) atoms. The average molecular weight is 969 g/mol. The van der Waals surface area contributed by atoms with Gasteiger partial charge in [-0.2, -0.15) is 0 Å². The average Bonchev–Trinajstić information content (AvgIpc) is 3.30. The van der Waals surface area contributed by atoms with Gasteiger partial charge in [0.1, 0.15) is 0 Å². The molecule has 8 nitrogen and oxygen atoms in total. The fraction of sp³-hybridized carbons (Fsp3) is 0.328. The molecule has 378 valence electrons. The Morgan fingerprint density at radius 1 is 0.486 bits per heavy atom. The third-order valence-corrected chi connectivity index (χ3v) is 12.6. The molecule has 0 spiro atoms. The summed E-state index contributed by atoms with van der Waals surface area (Å²) in [5.41, 5.74) is 14.4. The van der Waals surface area contributed by atoms with Crippen molar-refractivity contribution < 1.29 is 29.7 Å². The Hall–Kier alpha value is -7.03. The van der Waals surface area contributed by atoms with Crippen molar-refractivity contribution in [2.45, 2.75) is 111 Å². The lowest BCUT2D eigenvalue weighted by molar-refractivity contribution is 0.0686. The first-order valence-corrected chi connectivity index (χ1v) is 24.6. The number of carbonyl (C=O) groups is 3. The molecule has 0 heterocycles. The van der Waals surface area contributed by atoms with Crippen molar-refractivity contribution in [2.24, 2.45) is 0 Å². The van der Waals surface area contributed by atoms with Gasteiger partial charge < -0.3 is 25.1 Å². The van der Waals surface area contributed by atoms with Crippen LogP contribution in [0.1, 0.15) is 159 Å². The summed E-state index contributed by atoms with van der Waals surface area (Å²) in [4.78, 5) is 39.9. The molecule has 1 atom stereocenters. The second-order valence-electron chi connectivity index (χ2n) is 23.1. The van der Waals surface area contributed by atoms with Crippen LogP contribution in [-0.4, -0.2) is 61.2 Å². The van der Waals surface area contributed by atoms with E-state index in [1.165, 1.54) is 28.9 Å². The van der Waals surface area contributed by atoms with E-state index < -0.39 is 18.0 Å². The molecule has 1 unspecified atom stereocenters. The lowest BCUT2D eigenvalue weighted by Gasteiger charge is -2.38. The predicted molar refractivity (Wildman–Crippen MR) is 301 cm³/mol. The monoisotopic (exact) mass is 969 g/mol. The Morgan fingerprint density at radius 2 is 0.944 bits per heavy atom. The number of carboxylic acid groups (broad SMARTS) is 2. The molecule has 0 bridgehead atoms. The Kier molecular flexibility index (Phi) is 17.2. The van der Waals surface area contributed by atoms with E-state index in [9.17, 15) is 19.5 Å². The van der Waals surface area contributed by atoms with Gasteiger partial charge >= 0.3 is 11.9 Å². The van der Waals surface area contributed by atoms with Crippen molar-refractivity contribution in [2.75, 3.05) is 38.0 Å². The topological polar surface area (TPSA) is 118 Å². The number of aromatic carboxylic acids is 2. The standard InChI is InChI=1S/C32H37NO3.C32H39NO3/c1-31(2,3)25-16-14-22(15-17-25)26-19-24(20-27(32(4,5)6)29(26)33(7)8)28(34)18-11-21-9-12-23(13-10-21)30(35)36;1-31(2,3)27-25(26(34)19-16-21-14-17-23(18-15-21)30(35)36)20-24(22-12-10-9-11-13-22)29(33(7)8)28(27)32(4,5)6/h9-20H,1-8H3,(H,35,36);9-20,26,34H,1-8H3,(H,35,36)/b18-11+;19-16+. The minimum Gasteiger partial charge on any atom is -0.478 e. The van der Waals surface area contributed by atoms with Gasteiger partial charge in [-0.15, -0.1) is 0 Å². The molecule has 0 aliphatic carbocycles. The second kappa shape index (κ2) is 22.2. The van der Waals surface area contributed by atoms with E-state index in [4.69, 9.17) is 10.2 Å². The Bertz CT molecular complexity index is 2930. The van der Waals surface area contributed by atoms with Crippen LogP contribution in [0.2, 0.25) is 0 Å². The van der Waals surface area contributed by atoms with Crippen molar-refractivity contribution >= 4 is 41.2 Å². The molecule has 0 saturated heterocycles. The first-order valence-electron chi connectivity index (χ1n) is 24.6. The number of aliphatic hydroxyl groups is 1. The third kappa shape index (κ3) is 13.7. The summed E-state index contributed by atoms with van der Waals surface area (Å²) >= 11 is 0. The van der Waals surface area contributed by atoms with E-state index in [1.54, 1.807) is 54.6 Å². The fourth-order valence-electron chi connectivity index (χ4n) is 9.01. The largest absolute Gasteiger partial charge is 0.478 e. The van der Waals surface area contributed by atoms with Crippen LogP contribution >= 0.6 is 0 Å². The molecular formula is C64H76N2O6. The van der Waals surface area contributed by atoms with Gasteiger partial charge in [0.05, 0.1) is 17.2 Å². The zero-order chi connectivity index (χ0) is 53.7. The number of nitrogens with zero attached hydrogens (tertiary/aromatic N) is 2. The van der Waals surface area contributed by atoms with Gasteiger partial charge in [-0.05, 0) is 120 Å². The van der Waals surface area contributed by atoms with Crippen molar-refractivity contribution in [1.82, 2.24) is 0 Å². The lowest BCUT2D eigenvalue weighted by atomic mass is 9.70. The molecule has 6 rings (SSSR count). The molecule has 3 N–H and O–H groups in total. The molecule has 0 aliphatic heterocycles. The zero-order valence-corrected chi connectivity index (χ0v) is 45.4. The molecule has 0 fully saturated rings. The molecule has 8 heteroatoms.